The molecule has 0 aliphatic carbocycles. The number of carboxylic acids is 1. The molecule has 0 aliphatic rings. The Hall–Kier alpha value is -3.31. The van der Waals surface area contributed by atoms with Crippen LogP contribution in [0.3, 0.4) is 0 Å². The summed E-state index contributed by atoms with van der Waals surface area (Å²) in [6.45, 7) is 0.442. The monoisotopic (exact) mass is 451 g/mol. The zero-order valence-corrected chi connectivity index (χ0v) is 18.7. The number of aliphatic carboxylic acids is 1. The van der Waals surface area contributed by atoms with Crippen molar-refractivity contribution in [3.05, 3.63) is 83.4 Å². The Morgan fingerprint density at radius 2 is 1.66 bits per heavy atom. The summed E-state index contributed by atoms with van der Waals surface area (Å²) in [6.07, 6.45) is 2.07. The van der Waals surface area contributed by atoms with Gasteiger partial charge in [0.2, 0.25) is 0 Å². The van der Waals surface area contributed by atoms with Gasteiger partial charge in [-0.3, -0.25) is 9.59 Å². The molecule has 0 bridgehead atoms. The number of anilines is 1. The summed E-state index contributed by atoms with van der Waals surface area (Å²) in [6, 6.07) is 22.6. The quantitative estimate of drug-likeness (QED) is 0.367. The predicted molar refractivity (Wildman–Crippen MR) is 128 cm³/mol. The van der Waals surface area contributed by atoms with Crippen LogP contribution in [0.5, 0.6) is 5.75 Å². The molecule has 0 unspecified atom stereocenters. The van der Waals surface area contributed by atoms with Crippen LogP contribution in [0.15, 0.2) is 72.8 Å². The molecule has 0 heterocycles. The Labute approximate surface area is 193 Å². The Bertz CT molecular complexity index is 1070. The fourth-order valence-electron chi connectivity index (χ4n) is 3.62. The molecule has 0 saturated carbocycles. The molecule has 1 N–H and O–H groups in total. The van der Waals surface area contributed by atoms with Crippen LogP contribution in [0.25, 0.3) is 11.1 Å². The van der Waals surface area contributed by atoms with E-state index in [4.69, 9.17) is 21.4 Å². The number of halogens is 1. The maximum atomic E-state index is 13.7. The SMILES string of the molecule is COc1ccc(Cl)cc1C(=O)N(CCCCCC(=O)O)c1ccccc1-c1ccccc1. The average molecular weight is 452 g/mol. The highest BCUT2D eigenvalue weighted by molar-refractivity contribution is 6.31. The van der Waals surface area contributed by atoms with Gasteiger partial charge in [-0.2, -0.15) is 0 Å². The number of carboxylic acid groups (broad SMARTS) is 1. The average Bonchev–Trinajstić information content (AvgIpc) is 2.81. The molecule has 0 aromatic heterocycles. The number of carbonyl (C=O) groups excluding carboxylic acids is 1. The molecule has 3 rings (SSSR count). The molecule has 0 aliphatic heterocycles. The summed E-state index contributed by atoms with van der Waals surface area (Å²) in [5.41, 5.74) is 3.11. The van der Waals surface area contributed by atoms with E-state index in [0.29, 0.717) is 42.1 Å². The summed E-state index contributed by atoms with van der Waals surface area (Å²) in [4.78, 5) is 26.3. The third kappa shape index (κ3) is 5.89. The number of nitrogens with zero attached hydrogens (tertiary/aromatic N) is 1. The van der Waals surface area contributed by atoms with E-state index < -0.39 is 5.97 Å². The number of amides is 1. The number of para-hydroxylation sites is 1. The summed E-state index contributed by atoms with van der Waals surface area (Å²) in [5, 5.41) is 9.34. The van der Waals surface area contributed by atoms with E-state index in [9.17, 15) is 9.59 Å². The van der Waals surface area contributed by atoms with Crippen molar-refractivity contribution in [2.75, 3.05) is 18.6 Å². The van der Waals surface area contributed by atoms with Crippen molar-refractivity contribution in [2.24, 2.45) is 0 Å². The molecule has 166 valence electrons. The molecular formula is C26H26ClNO4. The highest BCUT2D eigenvalue weighted by Gasteiger charge is 2.23. The van der Waals surface area contributed by atoms with Crippen molar-refractivity contribution in [2.45, 2.75) is 25.7 Å². The van der Waals surface area contributed by atoms with E-state index in [0.717, 1.165) is 16.8 Å². The van der Waals surface area contributed by atoms with Gasteiger partial charge in [-0.25, -0.2) is 0 Å². The lowest BCUT2D eigenvalue weighted by atomic mass is 10.0. The molecule has 1 amide bonds. The van der Waals surface area contributed by atoms with Gasteiger partial charge in [-0.05, 0) is 42.7 Å². The smallest absolute Gasteiger partial charge is 0.303 e. The summed E-state index contributed by atoms with van der Waals surface area (Å²) in [7, 11) is 1.52. The van der Waals surface area contributed by atoms with Crippen molar-refractivity contribution < 1.29 is 19.4 Å². The number of carbonyl (C=O) groups is 2. The number of hydrogen-bond acceptors (Lipinski definition) is 3. The second kappa shape index (κ2) is 11.3. The van der Waals surface area contributed by atoms with E-state index >= 15 is 0 Å². The van der Waals surface area contributed by atoms with Gasteiger partial charge in [0.15, 0.2) is 0 Å². The van der Waals surface area contributed by atoms with Crippen LogP contribution in [-0.2, 0) is 4.79 Å². The summed E-state index contributed by atoms with van der Waals surface area (Å²) < 4.78 is 5.42. The molecule has 0 saturated heterocycles. The van der Waals surface area contributed by atoms with Gasteiger partial charge in [0.1, 0.15) is 5.75 Å². The minimum Gasteiger partial charge on any atom is -0.496 e. The van der Waals surface area contributed by atoms with Crippen molar-refractivity contribution in [1.29, 1.82) is 0 Å². The van der Waals surface area contributed by atoms with E-state index in [1.807, 2.05) is 54.6 Å². The van der Waals surface area contributed by atoms with Gasteiger partial charge in [0.25, 0.3) is 5.91 Å². The first-order chi connectivity index (χ1) is 15.5. The lowest BCUT2D eigenvalue weighted by Crippen LogP contribution is -2.32. The number of hydrogen-bond donors (Lipinski definition) is 1. The van der Waals surface area contributed by atoms with Crippen LogP contribution < -0.4 is 9.64 Å². The van der Waals surface area contributed by atoms with Gasteiger partial charge in [-0.1, -0.05) is 66.6 Å². The normalized spacial score (nSPS) is 10.6. The number of methoxy groups -OCH3 is 1. The molecular weight excluding hydrogens is 426 g/mol. The Balaban J connectivity index is 1.98. The molecule has 0 atom stereocenters. The number of benzene rings is 3. The molecule has 3 aromatic carbocycles. The second-order valence-electron chi connectivity index (χ2n) is 7.39. The number of ether oxygens (including phenoxy) is 1. The van der Waals surface area contributed by atoms with Crippen LogP contribution in [-0.4, -0.2) is 30.6 Å². The van der Waals surface area contributed by atoms with Crippen LogP contribution >= 0.6 is 11.6 Å². The first kappa shape index (κ1) is 23.4. The molecule has 32 heavy (non-hydrogen) atoms. The van der Waals surface area contributed by atoms with E-state index in [2.05, 4.69) is 0 Å². The highest BCUT2D eigenvalue weighted by Crippen LogP contribution is 2.33. The van der Waals surface area contributed by atoms with Gasteiger partial charge in [0.05, 0.1) is 18.4 Å². The number of unbranched alkanes of at least 4 members (excludes halogenated alkanes) is 2. The molecule has 3 aromatic rings. The van der Waals surface area contributed by atoms with Crippen LogP contribution in [0.2, 0.25) is 5.02 Å². The lowest BCUT2D eigenvalue weighted by molar-refractivity contribution is -0.137. The summed E-state index contributed by atoms with van der Waals surface area (Å²) >= 11 is 6.19. The predicted octanol–water partition coefficient (Wildman–Crippen LogP) is 6.31. The maximum Gasteiger partial charge on any atom is 0.303 e. The summed E-state index contributed by atoms with van der Waals surface area (Å²) in [5.74, 6) is -0.575. The van der Waals surface area contributed by atoms with E-state index in [-0.39, 0.29) is 12.3 Å². The zero-order valence-electron chi connectivity index (χ0n) is 18.0. The fourth-order valence-corrected chi connectivity index (χ4v) is 3.79. The van der Waals surface area contributed by atoms with Crippen LogP contribution in [0.4, 0.5) is 5.69 Å². The van der Waals surface area contributed by atoms with Crippen molar-refractivity contribution >= 4 is 29.2 Å². The van der Waals surface area contributed by atoms with Crippen molar-refractivity contribution in [1.82, 2.24) is 0 Å². The Morgan fingerprint density at radius 3 is 2.38 bits per heavy atom. The lowest BCUT2D eigenvalue weighted by Gasteiger charge is -2.26. The minimum atomic E-state index is -0.809. The maximum absolute atomic E-state index is 13.7. The molecule has 5 nitrogen and oxygen atoms in total. The number of rotatable bonds is 10. The largest absolute Gasteiger partial charge is 0.496 e. The third-order valence-electron chi connectivity index (χ3n) is 5.19. The molecule has 0 fully saturated rings. The van der Waals surface area contributed by atoms with Gasteiger partial charge in [0, 0.05) is 23.6 Å². The van der Waals surface area contributed by atoms with E-state index in [1.165, 1.54) is 7.11 Å². The molecule has 0 radical (unpaired) electrons. The Morgan fingerprint density at radius 1 is 0.938 bits per heavy atom. The van der Waals surface area contributed by atoms with Gasteiger partial charge in [-0.15, -0.1) is 0 Å². The third-order valence-corrected chi connectivity index (χ3v) is 5.42. The standard InChI is InChI=1S/C26H26ClNO4/c1-32-24-16-15-20(27)18-22(24)26(31)28(17-9-3-6-14-25(29)30)23-13-8-7-12-21(23)19-10-4-2-5-11-19/h2,4-5,7-8,10-13,15-16,18H,3,6,9,14,17H2,1H3,(H,29,30). The van der Waals surface area contributed by atoms with Crippen LogP contribution in [0.1, 0.15) is 36.0 Å². The molecule has 6 heteroatoms. The topological polar surface area (TPSA) is 66.8 Å². The first-order valence-corrected chi connectivity index (χ1v) is 10.9. The highest BCUT2D eigenvalue weighted by atomic mass is 35.5. The van der Waals surface area contributed by atoms with E-state index in [1.54, 1.807) is 23.1 Å². The second-order valence-corrected chi connectivity index (χ2v) is 7.83. The fraction of sp³-hybridized carbons (Fsp3) is 0.231. The van der Waals surface area contributed by atoms with Crippen molar-refractivity contribution in [3.63, 3.8) is 0 Å². The Kier molecular flexibility index (Phi) is 8.28. The van der Waals surface area contributed by atoms with Gasteiger partial charge >= 0.3 is 5.97 Å². The zero-order chi connectivity index (χ0) is 22.9. The minimum absolute atomic E-state index is 0.122. The molecule has 0 spiro atoms. The first-order valence-electron chi connectivity index (χ1n) is 10.5. The van der Waals surface area contributed by atoms with Crippen molar-refractivity contribution in [3.8, 4) is 16.9 Å². The van der Waals surface area contributed by atoms with Crippen LogP contribution in [0, 0.1) is 0 Å². The van der Waals surface area contributed by atoms with Gasteiger partial charge < -0.3 is 14.7 Å².